The molecule has 0 saturated heterocycles. The Morgan fingerprint density at radius 1 is 1.46 bits per heavy atom. The number of esters is 1. The Hall–Kier alpha value is -3.40. The zero-order valence-corrected chi connectivity index (χ0v) is 12.9. The zero-order valence-electron chi connectivity index (χ0n) is 12.9. The van der Waals surface area contributed by atoms with E-state index in [1.54, 1.807) is 29.1 Å². The van der Waals surface area contributed by atoms with Crippen LogP contribution in [-0.2, 0) is 11.3 Å². The summed E-state index contributed by atoms with van der Waals surface area (Å²) in [5, 5.41) is 2.94. The van der Waals surface area contributed by atoms with E-state index in [1.165, 1.54) is 13.4 Å². The van der Waals surface area contributed by atoms with Gasteiger partial charge in [0.15, 0.2) is 5.69 Å². The van der Waals surface area contributed by atoms with Gasteiger partial charge in [0, 0.05) is 5.56 Å². The minimum atomic E-state index is -0.402. The highest BCUT2D eigenvalue weighted by Crippen LogP contribution is 2.16. The predicted octanol–water partition coefficient (Wildman–Crippen LogP) is 1.36. The van der Waals surface area contributed by atoms with Gasteiger partial charge in [-0.15, -0.1) is 0 Å². The Labute approximate surface area is 138 Å². The predicted molar refractivity (Wildman–Crippen MR) is 88.2 cm³/mol. The molecular formula is C17H14N4O3. The number of methoxy groups -OCH3 is 1. The van der Waals surface area contributed by atoms with Gasteiger partial charge in [0.25, 0.3) is 0 Å². The Morgan fingerprint density at radius 3 is 3.17 bits per heavy atom. The third-order valence-corrected chi connectivity index (χ3v) is 3.40. The highest BCUT2D eigenvalue weighted by Gasteiger charge is 2.18. The molecule has 0 aliphatic carbocycles. The van der Waals surface area contributed by atoms with E-state index >= 15 is 0 Å². The number of fused-ring (bicyclic) bond motifs is 1. The normalized spacial score (nSPS) is 12.5. The van der Waals surface area contributed by atoms with Crippen LogP contribution in [0.25, 0.3) is 0 Å². The molecule has 3 rings (SSSR count). The van der Waals surface area contributed by atoms with E-state index in [-0.39, 0.29) is 12.3 Å². The van der Waals surface area contributed by atoms with Gasteiger partial charge < -0.3 is 14.6 Å². The van der Waals surface area contributed by atoms with Crippen LogP contribution in [0.15, 0.2) is 35.6 Å². The maximum Gasteiger partial charge on any atom is 0.337 e. The van der Waals surface area contributed by atoms with Crippen molar-refractivity contribution in [2.45, 2.75) is 6.54 Å². The van der Waals surface area contributed by atoms with E-state index < -0.39 is 5.97 Å². The third kappa shape index (κ3) is 3.17. The fourth-order valence-electron chi connectivity index (χ4n) is 2.24. The number of hydrogen-bond acceptors (Lipinski definition) is 6. The summed E-state index contributed by atoms with van der Waals surface area (Å²) in [5.41, 5.74) is 1.51. The Bertz CT molecular complexity index is 887. The quantitative estimate of drug-likeness (QED) is 0.666. The summed E-state index contributed by atoms with van der Waals surface area (Å²) in [6.07, 6.45) is 3.05. The number of ketones is 1. The summed E-state index contributed by atoms with van der Waals surface area (Å²) < 4.78 is 6.42. The summed E-state index contributed by atoms with van der Waals surface area (Å²) in [6.45, 7) is 0.432. The average Bonchev–Trinajstić information content (AvgIpc) is 2.91. The van der Waals surface area contributed by atoms with Crippen molar-refractivity contribution in [1.82, 2.24) is 9.55 Å². The Balaban J connectivity index is 1.78. The summed E-state index contributed by atoms with van der Waals surface area (Å²) in [7, 11) is 1.34. The van der Waals surface area contributed by atoms with Crippen LogP contribution < -0.4 is 5.32 Å². The number of anilines is 1. The van der Waals surface area contributed by atoms with E-state index in [0.29, 0.717) is 29.2 Å². The van der Waals surface area contributed by atoms with Gasteiger partial charge in [-0.3, -0.25) is 9.79 Å². The molecule has 1 aliphatic rings. The third-order valence-electron chi connectivity index (χ3n) is 3.40. The van der Waals surface area contributed by atoms with Crippen LogP contribution in [0.3, 0.4) is 0 Å². The molecule has 0 atom stereocenters. The van der Waals surface area contributed by atoms with Crippen LogP contribution in [0, 0.1) is 11.8 Å². The van der Waals surface area contributed by atoms with Crippen molar-refractivity contribution >= 4 is 23.9 Å². The lowest BCUT2D eigenvalue weighted by atomic mass is 10.1. The molecule has 1 aliphatic heterocycles. The SMILES string of the molecule is COC(=O)c1cccc(C#CCn2cnc3c2NC=NCC3=O)c1. The van der Waals surface area contributed by atoms with Crippen molar-refractivity contribution in [3.63, 3.8) is 0 Å². The van der Waals surface area contributed by atoms with Gasteiger partial charge in [-0.1, -0.05) is 17.9 Å². The summed E-state index contributed by atoms with van der Waals surface area (Å²) in [5.74, 6) is 6.03. The molecule has 0 spiro atoms. The number of aromatic nitrogens is 2. The number of ether oxygens (including phenoxy) is 1. The summed E-state index contributed by atoms with van der Waals surface area (Å²) in [4.78, 5) is 31.4. The highest BCUT2D eigenvalue weighted by molar-refractivity contribution is 6.04. The molecule has 0 unspecified atom stereocenters. The fraction of sp³-hybridized carbons (Fsp3) is 0.176. The molecule has 2 aromatic rings. The maximum absolute atomic E-state index is 11.8. The topological polar surface area (TPSA) is 85.6 Å². The second-order valence-corrected chi connectivity index (χ2v) is 4.98. The zero-order chi connectivity index (χ0) is 16.9. The largest absolute Gasteiger partial charge is 0.465 e. The number of nitrogens with zero attached hydrogens (tertiary/aromatic N) is 3. The highest BCUT2D eigenvalue weighted by atomic mass is 16.5. The first kappa shape index (κ1) is 15.5. The van der Waals surface area contributed by atoms with Crippen molar-refractivity contribution in [2.75, 3.05) is 19.0 Å². The van der Waals surface area contributed by atoms with Crippen LogP contribution in [0.1, 0.15) is 26.4 Å². The second kappa shape index (κ2) is 6.79. The standard InChI is InChI=1S/C17H14N4O3/c1-24-17(23)13-6-2-4-12(8-13)5-3-7-21-11-20-15-14(22)9-18-10-19-16(15)21/h2,4,6,8,10-11H,7,9H2,1H3,(H,18,19). The molecule has 0 fully saturated rings. The van der Waals surface area contributed by atoms with Gasteiger partial charge >= 0.3 is 5.97 Å². The van der Waals surface area contributed by atoms with E-state index in [0.717, 1.165) is 0 Å². The lowest BCUT2D eigenvalue weighted by Gasteiger charge is -2.03. The number of imidazole rings is 1. The average molecular weight is 322 g/mol. The number of aliphatic imine (C=N–C) groups is 1. The lowest BCUT2D eigenvalue weighted by Crippen LogP contribution is -2.06. The molecule has 24 heavy (non-hydrogen) atoms. The van der Waals surface area contributed by atoms with Gasteiger partial charge in [0.1, 0.15) is 12.4 Å². The molecule has 0 bridgehead atoms. The number of carbonyl (C=O) groups excluding carboxylic acids is 2. The van der Waals surface area contributed by atoms with E-state index in [9.17, 15) is 9.59 Å². The van der Waals surface area contributed by atoms with Gasteiger partial charge in [0.05, 0.1) is 31.9 Å². The van der Waals surface area contributed by atoms with Crippen molar-refractivity contribution in [1.29, 1.82) is 0 Å². The van der Waals surface area contributed by atoms with Gasteiger partial charge in [0.2, 0.25) is 5.78 Å². The van der Waals surface area contributed by atoms with Crippen LogP contribution in [-0.4, -0.2) is 41.3 Å². The minimum Gasteiger partial charge on any atom is -0.465 e. The van der Waals surface area contributed by atoms with Crippen LogP contribution in [0.5, 0.6) is 0 Å². The molecule has 0 radical (unpaired) electrons. The number of Topliss-reactive ketones (excluding diaryl/α,β-unsaturated/α-hetero) is 1. The van der Waals surface area contributed by atoms with Crippen molar-refractivity contribution < 1.29 is 14.3 Å². The molecule has 7 nitrogen and oxygen atoms in total. The number of benzene rings is 1. The van der Waals surface area contributed by atoms with E-state index in [1.807, 2.05) is 6.07 Å². The molecule has 7 heteroatoms. The van der Waals surface area contributed by atoms with Crippen LogP contribution >= 0.6 is 0 Å². The van der Waals surface area contributed by atoms with Gasteiger partial charge in [-0.05, 0) is 18.2 Å². The molecule has 0 saturated carbocycles. The maximum atomic E-state index is 11.8. The summed E-state index contributed by atoms with van der Waals surface area (Å²) >= 11 is 0. The van der Waals surface area contributed by atoms with Crippen molar-refractivity contribution in [3.8, 4) is 11.8 Å². The molecule has 1 aromatic carbocycles. The lowest BCUT2D eigenvalue weighted by molar-refractivity contribution is 0.0600. The second-order valence-electron chi connectivity index (χ2n) is 4.98. The minimum absolute atomic E-state index is 0.0863. The Morgan fingerprint density at radius 2 is 2.33 bits per heavy atom. The fourth-order valence-corrected chi connectivity index (χ4v) is 2.24. The number of carbonyl (C=O) groups is 2. The van der Waals surface area contributed by atoms with Gasteiger partial charge in [-0.25, -0.2) is 9.78 Å². The van der Waals surface area contributed by atoms with Crippen LogP contribution in [0.2, 0.25) is 0 Å². The van der Waals surface area contributed by atoms with Crippen molar-refractivity contribution in [2.24, 2.45) is 4.99 Å². The number of nitrogens with one attached hydrogen (secondary N) is 1. The molecule has 120 valence electrons. The monoisotopic (exact) mass is 322 g/mol. The Kier molecular flexibility index (Phi) is 4.38. The van der Waals surface area contributed by atoms with E-state index in [2.05, 4.69) is 31.9 Å². The molecular weight excluding hydrogens is 308 g/mol. The molecule has 2 heterocycles. The molecule has 1 aromatic heterocycles. The van der Waals surface area contributed by atoms with Gasteiger partial charge in [-0.2, -0.15) is 0 Å². The van der Waals surface area contributed by atoms with Crippen LogP contribution in [0.4, 0.5) is 5.82 Å². The summed E-state index contributed by atoms with van der Waals surface area (Å²) in [6, 6.07) is 6.89. The first-order chi connectivity index (χ1) is 11.7. The first-order valence-electron chi connectivity index (χ1n) is 7.19. The van der Waals surface area contributed by atoms with E-state index in [4.69, 9.17) is 0 Å². The number of rotatable bonds is 2. The van der Waals surface area contributed by atoms with Crippen molar-refractivity contribution in [3.05, 3.63) is 47.4 Å². The number of hydrogen-bond donors (Lipinski definition) is 1. The smallest absolute Gasteiger partial charge is 0.337 e. The molecule has 1 N–H and O–H groups in total. The first-order valence-corrected chi connectivity index (χ1v) is 7.19. The molecule has 0 amide bonds.